The average molecular weight is 183 g/mol. The maximum absolute atomic E-state index is 8.30. The van der Waals surface area contributed by atoms with E-state index in [1.807, 2.05) is 30.0 Å². The molecule has 3 heteroatoms. The van der Waals surface area contributed by atoms with Crippen molar-refractivity contribution >= 4 is 11.8 Å². The number of hydrogen-bond acceptors (Lipinski definition) is 3. The van der Waals surface area contributed by atoms with Crippen LogP contribution < -0.4 is 5.48 Å². The summed E-state index contributed by atoms with van der Waals surface area (Å²) in [5.41, 5.74) is 2.14. The fourth-order valence-corrected chi connectivity index (χ4v) is 1.73. The Morgan fingerprint density at radius 2 is 2.00 bits per heavy atom. The average Bonchev–Trinajstić information content (AvgIpc) is 2.14. The third-order valence-electron chi connectivity index (χ3n) is 1.44. The van der Waals surface area contributed by atoms with Gasteiger partial charge in [-0.15, -0.1) is 11.8 Å². The van der Waals surface area contributed by atoms with Crippen LogP contribution in [0.15, 0.2) is 35.2 Å². The topological polar surface area (TPSA) is 32.3 Å². The first-order valence-corrected chi connectivity index (χ1v) is 4.97. The minimum absolute atomic E-state index is 0.667. The maximum atomic E-state index is 8.30. The predicted octanol–water partition coefficient (Wildman–Crippen LogP) is 2.15. The second-order valence-corrected chi connectivity index (χ2v) is 3.59. The summed E-state index contributed by atoms with van der Waals surface area (Å²) >= 11 is 1.81. The van der Waals surface area contributed by atoms with Gasteiger partial charge in [0.25, 0.3) is 0 Å². The Labute approximate surface area is 76.9 Å². The molecular weight excluding hydrogens is 170 g/mol. The molecule has 1 aromatic carbocycles. The normalized spacial score (nSPS) is 10.1. The SMILES string of the molecule is ONCCCSc1ccccc1. The van der Waals surface area contributed by atoms with E-state index in [0.29, 0.717) is 6.54 Å². The van der Waals surface area contributed by atoms with Crippen molar-refractivity contribution in [3.05, 3.63) is 30.3 Å². The van der Waals surface area contributed by atoms with Crippen molar-refractivity contribution < 1.29 is 5.21 Å². The van der Waals surface area contributed by atoms with Gasteiger partial charge < -0.3 is 5.21 Å². The highest BCUT2D eigenvalue weighted by Gasteiger charge is 1.91. The Kier molecular flexibility index (Phi) is 4.83. The second-order valence-electron chi connectivity index (χ2n) is 2.42. The van der Waals surface area contributed by atoms with Crippen LogP contribution in [0.2, 0.25) is 0 Å². The number of hydrogen-bond donors (Lipinski definition) is 2. The summed E-state index contributed by atoms with van der Waals surface area (Å²) in [4.78, 5) is 1.29. The fraction of sp³-hybridized carbons (Fsp3) is 0.333. The zero-order valence-corrected chi connectivity index (χ0v) is 7.68. The molecular formula is C9H13NOS. The Morgan fingerprint density at radius 3 is 2.67 bits per heavy atom. The van der Waals surface area contributed by atoms with Gasteiger partial charge in [-0.1, -0.05) is 18.2 Å². The Bertz CT molecular complexity index is 203. The molecule has 2 N–H and O–H groups in total. The van der Waals surface area contributed by atoms with E-state index in [1.165, 1.54) is 4.90 Å². The zero-order valence-electron chi connectivity index (χ0n) is 6.86. The summed E-state index contributed by atoms with van der Waals surface area (Å²) in [6.07, 6.45) is 0.982. The molecule has 1 aromatic rings. The van der Waals surface area contributed by atoms with Gasteiger partial charge in [-0.3, -0.25) is 0 Å². The summed E-state index contributed by atoms with van der Waals surface area (Å²) in [6.45, 7) is 0.667. The van der Waals surface area contributed by atoms with E-state index in [4.69, 9.17) is 5.21 Å². The van der Waals surface area contributed by atoms with Gasteiger partial charge in [0, 0.05) is 11.4 Å². The molecule has 66 valence electrons. The molecule has 0 saturated carbocycles. The van der Waals surface area contributed by atoms with Crippen LogP contribution in [0.1, 0.15) is 6.42 Å². The highest BCUT2D eigenvalue weighted by molar-refractivity contribution is 7.99. The summed E-state index contributed by atoms with van der Waals surface area (Å²) in [5, 5.41) is 8.30. The van der Waals surface area contributed by atoms with Crippen LogP contribution in [0.3, 0.4) is 0 Å². The first-order chi connectivity index (χ1) is 5.93. The molecule has 0 amide bonds. The number of rotatable bonds is 5. The van der Waals surface area contributed by atoms with Crippen molar-refractivity contribution in [1.82, 2.24) is 5.48 Å². The van der Waals surface area contributed by atoms with E-state index in [2.05, 4.69) is 17.6 Å². The van der Waals surface area contributed by atoms with Gasteiger partial charge in [-0.2, -0.15) is 0 Å². The molecule has 0 saturated heterocycles. The van der Waals surface area contributed by atoms with Crippen LogP contribution >= 0.6 is 11.8 Å². The molecule has 0 aliphatic rings. The molecule has 0 bridgehead atoms. The molecule has 2 nitrogen and oxygen atoms in total. The first-order valence-electron chi connectivity index (χ1n) is 3.98. The number of nitrogens with one attached hydrogen (secondary N) is 1. The summed E-state index contributed by atoms with van der Waals surface area (Å²) < 4.78 is 0. The Hall–Kier alpha value is -0.510. The number of benzene rings is 1. The predicted molar refractivity (Wildman–Crippen MR) is 51.6 cm³/mol. The van der Waals surface area contributed by atoms with Gasteiger partial charge in [0.15, 0.2) is 0 Å². The molecule has 0 aliphatic heterocycles. The van der Waals surface area contributed by atoms with Gasteiger partial charge in [0.2, 0.25) is 0 Å². The lowest BCUT2D eigenvalue weighted by Gasteiger charge is -1.99. The molecule has 0 fully saturated rings. The van der Waals surface area contributed by atoms with Crippen LogP contribution in [-0.4, -0.2) is 17.5 Å². The van der Waals surface area contributed by atoms with Crippen molar-refractivity contribution in [3.63, 3.8) is 0 Å². The monoisotopic (exact) mass is 183 g/mol. The molecule has 0 heterocycles. The summed E-state index contributed by atoms with van der Waals surface area (Å²) in [5.74, 6) is 1.04. The first kappa shape index (κ1) is 9.58. The number of thioether (sulfide) groups is 1. The third kappa shape index (κ3) is 3.76. The fourth-order valence-electron chi connectivity index (χ4n) is 0.858. The quantitative estimate of drug-likeness (QED) is 0.417. The van der Waals surface area contributed by atoms with Gasteiger partial charge in [-0.25, -0.2) is 5.48 Å². The van der Waals surface area contributed by atoms with E-state index in [9.17, 15) is 0 Å². The highest BCUT2D eigenvalue weighted by atomic mass is 32.2. The molecule has 0 aliphatic carbocycles. The van der Waals surface area contributed by atoms with Gasteiger partial charge in [0.1, 0.15) is 0 Å². The Morgan fingerprint density at radius 1 is 1.25 bits per heavy atom. The molecule has 1 rings (SSSR count). The Balaban J connectivity index is 2.16. The van der Waals surface area contributed by atoms with E-state index in [-0.39, 0.29) is 0 Å². The minimum Gasteiger partial charge on any atom is -0.317 e. The van der Waals surface area contributed by atoms with Gasteiger partial charge in [0.05, 0.1) is 0 Å². The number of hydroxylamine groups is 1. The van der Waals surface area contributed by atoms with Crippen LogP contribution in [0.25, 0.3) is 0 Å². The van der Waals surface area contributed by atoms with E-state index >= 15 is 0 Å². The standard InChI is InChI=1S/C9H13NOS/c11-10-7-4-8-12-9-5-2-1-3-6-9/h1-3,5-6,10-11H,4,7-8H2. The van der Waals surface area contributed by atoms with Crippen molar-refractivity contribution in [3.8, 4) is 0 Å². The lowest BCUT2D eigenvalue weighted by molar-refractivity contribution is 0.167. The molecule has 0 aromatic heterocycles. The zero-order chi connectivity index (χ0) is 8.65. The molecule has 0 atom stereocenters. The van der Waals surface area contributed by atoms with Crippen molar-refractivity contribution in [2.24, 2.45) is 0 Å². The van der Waals surface area contributed by atoms with Gasteiger partial charge >= 0.3 is 0 Å². The van der Waals surface area contributed by atoms with Crippen LogP contribution in [0, 0.1) is 0 Å². The third-order valence-corrected chi connectivity index (χ3v) is 2.54. The summed E-state index contributed by atoms with van der Waals surface area (Å²) in [6, 6.07) is 10.3. The molecule has 12 heavy (non-hydrogen) atoms. The van der Waals surface area contributed by atoms with E-state index in [0.717, 1.165) is 12.2 Å². The largest absolute Gasteiger partial charge is 0.317 e. The van der Waals surface area contributed by atoms with E-state index < -0.39 is 0 Å². The molecule has 0 unspecified atom stereocenters. The van der Waals surface area contributed by atoms with Crippen LogP contribution in [0.4, 0.5) is 0 Å². The molecule has 0 spiro atoms. The van der Waals surface area contributed by atoms with Crippen molar-refractivity contribution in [1.29, 1.82) is 0 Å². The molecule has 0 radical (unpaired) electrons. The lowest BCUT2D eigenvalue weighted by Crippen LogP contribution is -2.08. The minimum atomic E-state index is 0.667. The van der Waals surface area contributed by atoms with Gasteiger partial charge in [-0.05, 0) is 24.3 Å². The van der Waals surface area contributed by atoms with Crippen LogP contribution in [0.5, 0.6) is 0 Å². The lowest BCUT2D eigenvalue weighted by atomic mass is 10.4. The van der Waals surface area contributed by atoms with E-state index in [1.54, 1.807) is 0 Å². The smallest absolute Gasteiger partial charge is 0.0215 e. The second kappa shape index (κ2) is 6.06. The van der Waals surface area contributed by atoms with Crippen molar-refractivity contribution in [2.75, 3.05) is 12.3 Å². The van der Waals surface area contributed by atoms with Crippen LogP contribution in [-0.2, 0) is 0 Å². The summed E-state index contributed by atoms with van der Waals surface area (Å²) in [7, 11) is 0. The van der Waals surface area contributed by atoms with Crippen molar-refractivity contribution in [2.45, 2.75) is 11.3 Å². The maximum Gasteiger partial charge on any atom is 0.0215 e. The highest BCUT2D eigenvalue weighted by Crippen LogP contribution is 2.17.